The van der Waals surface area contributed by atoms with Gasteiger partial charge < -0.3 is 16.4 Å². The molecule has 0 aliphatic carbocycles. The number of sulfone groups is 1. The zero-order chi connectivity index (χ0) is 20.2. The fourth-order valence-corrected chi connectivity index (χ4v) is 3.00. The number of nitrogens with zero attached hydrogens (tertiary/aromatic N) is 2. The highest BCUT2D eigenvalue weighted by Gasteiger charge is 2.18. The summed E-state index contributed by atoms with van der Waals surface area (Å²) in [6.07, 6.45) is 2.25. The molecule has 2 aromatic rings. The van der Waals surface area contributed by atoms with Crippen LogP contribution in [0.5, 0.6) is 0 Å². The zero-order valence-electron chi connectivity index (χ0n) is 14.1. The van der Waals surface area contributed by atoms with Crippen LogP contribution in [0.4, 0.5) is 17.2 Å². The Morgan fingerprint density at radius 3 is 2.52 bits per heavy atom. The summed E-state index contributed by atoms with van der Waals surface area (Å²) in [6.45, 7) is 0.558. The van der Waals surface area contributed by atoms with Gasteiger partial charge in [0.05, 0.1) is 20.4 Å². The Bertz CT molecular complexity index is 996. The molecule has 0 saturated heterocycles. The lowest BCUT2D eigenvalue weighted by molar-refractivity contribution is -0.384. The Balaban J connectivity index is 2.03. The largest absolute Gasteiger partial charge is 0.378 e. The van der Waals surface area contributed by atoms with E-state index < -0.39 is 20.7 Å². The molecule has 0 aliphatic rings. The Morgan fingerprint density at radius 2 is 1.96 bits per heavy atom. The number of nitro benzene ring substituents is 1. The number of hydrogen-bond acceptors (Lipinski definition) is 8. The number of primary amides is 1. The lowest BCUT2D eigenvalue weighted by Gasteiger charge is -2.11. The smallest absolute Gasteiger partial charge is 0.293 e. The van der Waals surface area contributed by atoms with Crippen molar-refractivity contribution in [3.8, 4) is 0 Å². The predicted octanol–water partition coefficient (Wildman–Crippen LogP) is 1.67. The van der Waals surface area contributed by atoms with Gasteiger partial charge in [-0.2, -0.15) is 0 Å². The number of nitrogens with one attached hydrogen (secondary N) is 2. The van der Waals surface area contributed by atoms with Crippen molar-refractivity contribution in [3.05, 3.63) is 51.2 Å². The van der Waals surface area contributed by atoms with Gasteiger partial charge in [-0.1, -0.05) is 11.6 Å². The number of anilines is 2. The van der Waals surface area contributed by atoms with Crippen LogP contribution in [-0.2, 0) is 9.84 Å². The number of amides is 1. The van der Waals surface area contributed by atoms with Gasteiger partial charge in [-0.15, -0.1) is 0 Å². The number of aromatic nitrogens is 1. The maximum Gasteiger partial charge on any atom is 0.293 e. The molecule has 0 unspecified atom stereocenters. The first kappa shape index (κ1) is 20.4. The van der Waals surface area contributed by atoms with Crippen LogP contribution >= 0.6 is 11.6 Å². The van der Waals surface area contributed by atoms with E-state index in [-0.39, 0.29) is 33.4 Å². The Labute approximate surface area is 159 Å². The Kier molecular flexibility index (Phi) is 6.18. The third-order valence-corrected chi connectivity index (χ3v) is 4.85. The van der Waals surface area contributed by atoms with E-state index >= 15 is 0 Å². The summed E-state index contributed by atoms with van der Waals surface area (Å²) in [4.78, 5) is 25.4. The second-order valence-corrected chi connectivity index (χ2v) is 7.90. The summed E-state index contributed by atoms with van der Waals surface area (Å²) in [5.74, 6) is -0.326. The number of rotatable bonds is 8. The van der Waals surface area contributed by atoms with E-state index in [1.165, 1.54) is 24.4 Å². The van der Waals surface area contributed by atoms with E-state index in [1.54, 1.807) is 0 Å². The van der Waals surface area contributed by atoms with Crippen LogP contribution in [0.15, 0.2) is 35.4 Å². The number of hydrogen-bond donors (Lipinski definition) is 3. The van der Waals surface area contributed by atoms with Crippen molar-refractivity contribution in [3.63, 3.8) is 0 Å². The first-order valence-corrected chi connectivity index (χ1v) is 9.78. The van der Waals surface area contributed by atoms with E-state index in [9.17, 15) is 23.3 Å². The normalized spacial score (nSPS) is 11.0. The first-order valence-electron chi connectivity index (χ1n) is 7.51. The van der Waals surface area contributed by atoms with E-state index in [2.05, 4.69) is 15.6 Å². The van der Waals surface area contributed by atoms with Crippen LogP contribution in [0.3, 0.4) is 0 Å². The SMILES string of the molecule is CS(=O)(=O)c1ccc(NCCNc2ncc(C(N)=O)cc2Cl)c([N+](=O)[O-])c1. The molecule has 4 N–H and O–H groups in total. The first-order chi connectivity index (χ1) is 12.6. The third-order valence-electron chi connectivity index (χ3n) is 3.45. The van der Waals surface area contributed by atoms with Gasteiger partial charge in [0.2, 0.25) is 5.91 Å². The molecule has 10 nitrogen and oxygen atoms in total. The van der Waals surface area contributed by atoms with Crippen LogP contribution in [0.1, 0.15) is 10.4 Å². The van der Waals surface area contributed by atoms with Crippen molar-refractivity contribution in [1.82, 2.24) is 4.98 Å². The molecule has 1 amide bonds. The maximum absolute atomic E-state index is 11.5. The molecule has 1 aromatic heterocycles. The average Bonchev–Trinajstić information content (AvgIpc) is 2.58. The molecule has 1 heterocycles. The molecule has 0 radical (unpaired) electrons. The minimum Gasteiger partial charge on any atom is -0.378 e. The molecule has 27 heavy (non-hydrogen) atoms. The fourth-order valence-electron chi connectivity index (χ4n) is 2.12. The molecule has 0 fully saturated rings. The summed E-state index contributed by atoms with van der Waals surface area (Å²) >= 11 is 6.00. The summed E-state index contributed by atoms with van der Waals surface area (Å²) < 4.78 is 23.1. The van der Waals surface area contributed by atoms with Crippen molar-refractivity contribution in [2.45, 2.75) is 4.90 Å². The standard InChI is InChI=1S/C15H16ClN5O5S/c1-27(25,26)10-2-3-12(13(7-10)21(23)24)18-4-5-19-15-11(16)6-9(8-20-15)14(17)22/h2-3,6-8,18H,4-5H2,1H3,(H2,17,22)(H,19,20). The number of benzene rings is 1. The summed E-state index contributed by atoms with van der Waals surface area (Å²) in [7, 11) is -3.55. The maximum atomic E-state index is 11.5. The topological polar surface area (TPSA) is 157 Å². The van der Waals surface area contributed by atoms with Crippen LogP contribution in [0, 0.1) is 10.1 Å². The number of nitro groups is 1. The number of carbonyl (C=O) groups is 1. The molecule has 0 atom stereocenters. The van der Waals surface area contributed by atoms with Crippen molar-refractivity contribution in [2.24, 2.45) is 5.73 Å². The van der Waals surface area contributed by atoms with Crippen LogP contribution in [0.2, 0.25) is 5.02 Å². The lowest BCUT2D eigenvalue weighted by atomic mass is 10.2. The van der Waals surface area contributed by atoms with Gasteiger partial charge in [0.15, 0.2) is 9.84 Å². The molecule has 144 valence electrons. The highest BCUT2D eigenvalue weighted by atomic mass is 35.5. The van der Waals surface area contributed by atoms with Crippen LogP contribution < -0.4 is 16.4 Å². The third kappa shape index (κ3) is 5.28. The number of halogens is 1. The van der Waals surface area contributed by atoms with E-state index in [0.717, 1.165) is 12.3 Å². The van der Waals surface area contributed by atoms with Crippen LogP contribution in [-0.4, -0.2) is 43.6 Å². The number of carbonyl (C=O) groups excluding carboxylic acids is 1. The fraction of sp³-hybridized carbons (Fsp3) is 0.200. The van der Waals surface area contributed by atoms with Crippen LogP contribution in [0.25, 0.3) is 0 Å². The van der Waals surface area contributed by atoms with Gasteiger partial charge in [0.25, 0.3) is 5.69 Å². The summed E-state index contributed by atoms with van der Waals surface area (Å²) in [6, 6.07) is 5.01. The molecule has 0 saturated carbocycles. The molecular formula is C15H16ClN5O5S. The molecular weight excluding hydrogens is 398 g/mol. The molecule has 0 bridgehead atoms. The molecule has 1 aromatic carbocycles. The highest BCUT2D eigenvalue weighted by molar-refractivity contribution is 7.90. The molecule has 2 rings (SSSR count). The minimum absolute atomic E-state index is 0.136. The Hall–Kier alpha value is -2.92. The van der Waals surface area contributed by atoms with Crippen molar-refractivity contribution >= 4 is 44.5 Å². The minimum atomic E-state index is -3.55. The molecule has 12 heteroatoms. The van der Waals surface area contributed by atoms with Gasteiger partial charge in [-0.05, 0) is 18.2 Å². The van der Waals surface area contributed by atoms with E-state index in [4.69, 9.17) is 17.3 Å². The highest BCUT2D eigenvalue weighted by Crippen LogP contribution is 2.27. The van der Waals surface area contributed by atoms with Crippen molar-refractivity contribution in [1.29, 1.82) is 0 Å². The number of pyridine rings is 1. The summed E-state index contributed by atoms with van der Waals surface area (Å²) in [5, 5.41) is 17.1. The lowest BCUT2D eigenvalue weighted by Crippen LogP contribution is -2.16. The monoisotopic (exact) mass is 413 g/mol. The Morgan fingerprint density at radius 1 is 1.30 bits per heavy atom. The van der Waals surface area contributed by atoms with E-state index in [0.29, 0.717) is 12.4 Å². The van der Waals surface area contributed by atoms with Gasteiger partial charge in [0.1, 0.15) is 11.5 Å². The molecule has 0 spiro atoms. The van der Waals surface area contributed by atoms with Gasteiger partial charge in [-0.25, -0.2) is 13.4 Å². The van der Waals surface area contributed by atoms with Crippen molar-refractivity contribution < 1.29 is 18.1 Å². The van der Waals surface area contributed by atoms with Gasteiger partial charge in [0, 0.05) is 31.6 Å². The van der Waals surface area contributed by atoms with Crippen molar-refractivity contribution in [2.75, 3.05) is 30.0 Å². The van der Waals surface area contributed by atoms with Gasteiger partial charge in [-0.3, -0.25) is 14.9 Å². The quantitative estimate of drug-likeness (QED) is 0.335. The second-order valence-electron chi connectivity index (χ2n) is 5.48. The number of nitrogens with two attached hydrogens (primary N) is 1. The second kappa shape index (κ2) is 8.18. The van der Waals surface area contributed by atoms with E-state index in [1.807, 2.05) is 0 Å². The average molecular weight is 414 g/mol. The summed E-state index contributed by atoms with van der Waals surface area (Å²) in [5.41, 5.74) is 5.14. The van der Waals surface area contributed by atoms with Gasteiger partial charge >= 0.3 is 0 Å². The molecule has 0 aliphatic heterocycles. The predicted molar refractivity (Wildman–Crippen MR) is 101 cm³/mol. The zero-order valence-corrected chi connectivity index (χ0v) is 15.7.